The summed E-state index contributed by atoms with van der Waals surface area (Å²) in [4.78, 5) is 0. The first-order valence-corrected chi connectivity index (χ1v) is 8.59. The van der Waals surface area contributed by atoms with Gasteiger partial charge >= 0.3 is 12.3 Å². The molecule has 0 aliphatic carbocycles. The van der Waals surface area contributed by atoms with Gasteiger partial charge in [0, 0.05) is 0 Å². The van der Waals surface area contributed by atoms with Gasteiger partial charge in [0.15, 0.2) is 0 Å². The van der Waals surface area contributed by atoms with E-state index in [4.69, 9.17) is 11.6 Å². The van der Waals surface area contributed by atoms with E-state index in [0.717, 1.165) is 36.5 Å². The number of unbranched alkanes of at least 4 members (excludes halogenated alkanes) is 1. The van der Waals surface area contributed by atoms with Gasteiger partial charge in [0.1, 0.15) is 5.75 Å². The van der Waals surface area contributed by atoms with Crippen molar-refractivity contribution in [3.05, 3.63) is 53.1 Å². The molecule has 2 aromatic carbocycles. The molecule has 0 aromatic heterocycles. The Morgan fingerprint density at radius 2 is 1.56 bits per heavy atom. The highest BCUT2D eigenvalue weighted by molar-refractivity contribution is 6.32. The molecule has 0 aliphatic rings. The van der Waals surface area contributed by atoms with E-state index in [1.165, 1.54) is 12.1 Å². The molecule has 0 amide bonds. The Hall–Kier alpha value is -1.89. The van der Waals surface area contributed by atoms with Crippen LogP contribution in [0.3, 0.4) is 0 Å². The molecule has 0 saturated carbocycles. The molecule has 0 heterocycles. The van der Waals surface area contributed by atoms with Crippen molar-refractivity contribution in [1.82, 2.24) is 0 Å². The van der Waals surface area contributed by atoms with Crippen molar-refractivity contribution in [1.29, 1.82) is 0 Å². The van der Waals surface area contributed by atoms with E-state index in [-0.39, 0.29) is 5.02 Å². The van der Waals surface area contributed by atoms with E-state index < -0.39 is 24.2 Å². The van der Waals surface area contributed by atoms with Crippen molar-refractivity contribution in [3.63, 3.8) is 0 Å². The molecule has 148 valence electrons. The summed E-state index contributed by atoms with van der Waals surface area (Å²) >= 11 is 5.84. The zero-order chi connectivity index (χ0) is 20.2. The van der Waals surface area contributed by atoms with Crippen LogP contribution in [-0.2, 0) is 6.42 Å². The first-order valence-electron chi connectivity index (χ1n) is 8.21. The average Bonchev–Trinajstić information content (AvgIpc) is 2.60. The molecule has 0 radical (unpaired) electrons. The summed E-state index contributed by atoms with van der Waals surface area (Å²) in [6.07, 6.45) is -12.3. The summed E-state index contributed by atoms with van der Waals surface area (Å²) in [6.45, 7) is 2.09. The Morgan fingerprint density at radius 1 is 0.963 bits per heavy atom. The predicted molar refractivity (Wildman–Crippen MR) is 92.0 cm³/mol. The van der Waals surface area contributed by atoms with E-state index in [0.29, 0.717) is 5.56 Å². The fourth-order valence-corrected chi connectivity index (χ4v) is 2.62. The molecular weight excluding hydrogens is 394 g/mol. The molecule has 0 spiro atoms. The lowest BCUT2D eigenvalue weighted by molar-refractivity contribution is -0.304. The zero-order valence-corrected chi connectivity index (χ0v) is 15.1. The van der Waals surface area contributed by atoms with Gasteiger partial charge in [-0.3, -0.25) is 0 Å². The Balaban J connectivity index is 2.18. The quantitative estimate of drug-likeness (QED) is 0.438. The largest absolute Gasteiger partial charge is 0.439 e. The molecule has 1 atom stereocenters. The molecule has 0 aliphatic heterocycles. The van der Waals surface area contributed by atoms with Crippen LogP contribution in [0.5, 0.6) is 5.75 Å². The minimum absolute atomic E-state index is 0.350. The summed E-state index contributed by atoms with van der Waals surface area (Å²) in [7, 11) is 0. The normalized spacial score (nSPS) is 13.5. The molecule has 1 nitrogen and oxygen atoms in total. The molecule has 0 saturated heterocycles. The van der Waals surface area contributed by atoms with Crippen molar-refractivity contribution in [2.75, 3.05) is 0 Å². The second-order valence-electron chi connectivity index (χ2n) is 6.01. The maximum Gasteiger partial charge on any atom is 0.439 e. The number of ether oxygens (including phenoxy) is 1. The van der Waals surface area contributed by atoms with Crippen molar-refractivity contribution in [2.45, 2.75) is 44.6 Å². The van der Waals surface area contributed by atoms with Crippen LogP contribution in [0, 0.1) is 0 Å². The number of hydrogen-bond acceptors (Lipinski definition) is 1. The number of aryl methyl sites for hydroxylation is 1. The molecular formula is C19H17ClF6O. The predicted octanol–water partition coefficient (Wildman–Crippen LogP) is 7.22. The summed E-state index contributed by atoms with van der Waals surface area (Å²) in [5.41, 5.74) is 2.45. The maximum atomic E-state index is 13.4. The van der Waals surface area contributed by atoms with Gasteiger partial charge in [0.05, 0.1) is 5.02 Å². The molecule has 0 N–H and O–H groups in total. The van der Waals surface area contributed by atoms with Gasteiger partial charge in [-0.05, 0) is 41.7 Å². The van der Waals surface area contributed by atoms with Crippen molar-refractivity contribution < 1.29 is 31.1 Å². The summed E-state index contributed by atoms with van der Waals surface area (Å²) in [5.74, 6) is -0.739. The van der Waals surface area contributed by atoms with Gasteiger partial charge in [-0.1, -0.05) is 55.3 Å². The number of benzene rings is 2. The second-order valence-corrected chi connectivity index (χ2v) is 6.42. The lowest BCUT2D eigenvalue weighted by atomic mass is 10.0. The highest BCUT2D eigenvalue weighted by atomic mass is 35.5. The average molecular weight is 411 g/mol. The van der Waals surface area contributed by atoms with Crippen LogP contribution in [-0.4, -0.2) is 18.5 Å². The Bertz CT molecular complexity index is 758. The van der Waals surface area contributed by atoms with Crippen LogP contribution in [0.25, 0.3) is 11.1 Å². The monoisotopic (exact) mass is 410 g/mol. The highest BCUT2D eigenvalue weighted by Crippen LogP contribution is 2.39. The third kappa shape index (κ3) is 5.54. The lowest BCUT2D eigenvalue weighted by Gasteiger charge is -2.23. The summed E-state index contributed by atoms with van der Waals surface area (Å²) in [5, 5.41) is -0.350. The first-order chi connectivity index (χ1) is 12.5. The third-order valence-electron chi connectivity index (χ3n) is 3.87. The molecule has 2 rings (SSSR count). The highest BCUT2D eigenvalue weighted by Gasteiger charge is 2.59. The number of rotatable bonds is 7. The first kappa shape index (κ1) is 21.4. The minimum atomic E-state index is -5.75. The molecule has 0 fully saturated rings. The standard InChI is InChI=1S/C19H17ClF6O/c1-2-3-4-12-5-7-13(8-6-12)14-9-10-16(15(20)11-14)27-19(25,26)17(21)18(22,23)24/h5-11,17H,2-4H2,1H3. The van der Waals surface area contributed by atoms with Crippen LogP contribution >= 0.6 is 11.6 Å². The van der Waals surface area contributed by atoms with Gasteiger partial charge in [-0.15, -0.1) is 0 Å². The van der Waals surface area contributed by atoms with Crippen LogP contribution in [0.4, 0.5) is 26.3 Å². The summed E-state index contributed by atoms with van der Waals surface area (Å²) in [6, 6.07) is 11.1. The Labute approximate surface area is 157 Å². The number of halogens is 7. The SMILES string of the molecule is CCCCc1ccc(-c2ccc(OC(F)(F)C(F)C(F)(F)F)c(Cl)c2)cc1. The van der Waals surface area contributed by atoms with Crippen LogP contribution in [0.1, 0.15) is 25.3 Å². The van der Waals surface area contributed by atoms with E-state index in [2.05, 4.69) is 11.7 Å². The number of alkyl halides is 6. The van der Waals surface area contributed by atoms with Crippen molar-refractivity contribution in [3.8, 4) is 16.9 Å². The molecule has 8 heteroatoms. The topological polar surface area (TPSA) is 9.23 Å². The van der Waals surface area contributed by atoms with Crippen LogP contribution in [0.2, 0.25) is 5.02 Å². The van der Waals surface area contributed by atoms with E-state index in [1.807, 2.05) is 24.3 Å². The van der Waals surface area contributed by atoms with Crippen molar-refractivity contribution >= 4 is 11.6 Å². The van der Waals surface area contributed by atoms with E-state index in [9.17, 15) is 26.3 Å². The maximum absolute atomic E-state index is 13.4. The molecule has 27 heavy (non-hydrogen) atoms. The second kappa shape index (κ2) is 8.42. The smallest absolute Gasteiger partial charge is 0.429 e. The number of hydrogen-bond donors (Lipinski definition) is 0. The van der Waals surface area contributed by atoms with E-state index >= 15 is 0 Å². The van der Waals surface area contributed by atoms with Crippen LogP contribution in [0.15, 0.2) is 42.5 Å². The fraction of sp³-hybridized carbons (Fsp3) is 0.368. The van der Waals surface area contributed by atoms with Gasteiger partial charge < -0.3 is 4.74 Å². The minimum Gasteiger partial charge on any atom is -0.429 e. The van der Waals surface area contributed by atoms with Gasteiger partial charge in [0.2, 0.25) is 0 Å². The molecule has 1 unspecified atom stereocenters. The van der Waals surface area contributed by atoms with Crippen molar-refractivity contribution in [2.24, 2.45) is 0 Å². The van der Waals surface area contributed by atoms with Gasteiger partial charge in [0.25, 0.3) is 6.17 Å². The summed E-state index contributed by atoms with van der Waals surface area (Å²) < 4.78 is 80.1. The third-order valence-corrected chi connectivity index (χ3v) is 4.16. The Kier molecular flexibility index (Phi) is 6.68. The lowest BCUT2D eigenvalue weighted by Crippen LogP contribution is -2.45. The molecule has 2 aromatic rings. The van der Waals surface area contributed by atoms with Crippen LogP contribution < -0.4 is 4.74 Å². The van der Waals surface area contributed by atoms with Gasteiger partial charge in [-0.25, -0.2) is 4.39 Å². The van der Waals surface area contributed by atoms with E-state index in [1.54, 1.807) is 0 Å². The fourth-order valence-electron chi connectivity index (χ4n) is 2.40. The molecule has 0 bridgehead atoms. The zero-order valence-electron chi connectivity index (χ0n) is 14.3. The van der Waals surface area contributed by atoms with Gasteiger partial charge in [-0.2, -0.15) is 22.0 Å². The Morgan fingerprint density at radius 3 is 2.07 bits per heavy atom.